The van der Waals surface area contributed by atoms with Crippen LogP contribution in [0.4, 0.5) is 9.18 Å². The van der Waals surface area contributed by atoms with Gasteiger partial charge in [-0.1, -0.05) is 24.3 Å². The third kappa shape index (κ3) is 3.23. The minimum atomic E-state index is -1.07. The Morgan fingerprint density at radius 2 is 1.96 bits per heavy atom. The van der Waals surface area contributed by atoms with Crippen LogP contribution in [0.15, 0.2) is 24.3 Å². The summed E-state index contributed by atoms with van der Waals surface area (Å²) in [5, 5.41) is 0. The summed E-state index contributed by atoms with van der Waals surface area (Å²) in [6, 6.07) is 7.77. The molecule has 0 aromatic heterocycles. The summed E-state index contributed by atoms with van der Waals surface area (Å²) in [4.78, 5) is 14.4. The molecule has 1 saturated heterocycles. The van der Waals surface area contributed by atoms with Crippen LogP contribution < -0.4 is 0 Å². The van der Waals surface area contributed by atoms with Crippen LogP contribution in [-0.2, 0) is 20.6 Å². The Morgan fingerprint density at radius 1 is 1.31 bits per heavy atom. The maximum absolute atomic E-state index is 13.7. The van der Waals surface area contributed by atoms with Crippen molar-refractivity contribution in [3.8, 4) is 0 Å². The van der Waals surface area contributed by atoms with E-state index in [1.54, 1.807) is 11.8 Å². The number of fused-ring (bicyclic) bond motifs is 1. The standard InChI is InChI=1S/C19H27BFNO4/c1-17(2,3)24-16(23)22-11-13-9-7-8-10-14(13)15(22)20-25-18(4,5)19(6,12-21)26-20/h7-10,15H,11-12H2,1-6H3. The van der Waals surface area contributed by atoms with E-state index in [9.17, 15) is 9.18 Å². The monoisotopic (exact) mass is 363 g/mol. The number of halogens is 1. The normalized spacial score (nSPS) is 27.6. The Labute approximate surface area is 154 Å². The second kappa shape index (κ2) is 6.24. The molecule has 7 heteroatoms. The Kier molecular flexibility index (Phi) is 4.60. The molecule has 2 aliphatic heterocycles. The quantitative estimate of drug-likeness (QED) is 0.744. The summed E-state index contributed by atoms with van der Waals surface area (Å²) in [6.45, 7) is 10.5. The molecule has 2 unspecified atom stereocenters. The highest BCUT2D eigenvalue weighted by atomic mass is 19.1. The molecule has 1 fully saturated rings. The number of rotatable bonds is 2. The van der Waals surface area contributed by atoms with Gasteiger partial charge in [0, 0.05) is 6.54 Å². The van der Waals surface area contributed by atoms with E-state index in [1.807, 2.05) is 58.9 Å². The summed E-state index contributed by atoms with van der Waals surface area (Å²) in [5.74, 6) is -0.478. The molecule has 1 aromatic carbocycles. The van der Waals surface area contributed by atoms with Gasteiger partial charge in [0.1, 0.15) is 17.9 Å². The van der Waals surface area contributed by atoms with E-state index < -0.39 is 42.6 Å². The molecule has 1 aromatic rings. The highest BCUT2D eigenvalue weighted by Crippen LogP contribution is 2.45. The first-order valence-corrected chi connectivity index (χ1v) is 8.96. The van der Waals surface area contributed by atoms with Crippen LogP contribution in [0.25, 0.3) is 0 Å². The van der Waals surface area contributed by atoms with Crippen molar-refractivity contribution in [1.29, 1.82) is 0 Å². The van der Waals surface area contributed by atoms with Crippen molar-refractivity contribution in [2.75, 3.05) is 6.67 Å². The van der Waals surface area contributed by atoms with E-state index in [0.717, 1.165) is 11.1 Å². The molecule has 2 aliphatic rings. The fourth-order valence-corrected chi connectivity index (χ4v) is 3.37. The number of hydrogen-bond acceptors (Lipinski definition) is 4. The van der Waals surface area contributed by atoms with Crippen LogP contribution >= 0.6 is 0 Å². The second-order valence-electron chi connectivity index (χ2n) is 8.73. The number of amides is 1. The molecular formula is C19H27BFNO4. The van der Waals surface area contributed by atoms with E-state index in [2.05, 4.69) is 0 Å². The van der Waals surface area contributed by atoms with Gasteiger partial charge in [0.2, 0.25) is 0 Å². The van der Waals surface area contributed by atoms with Gasteiger partial charge in [-0.05, 0) is 52.7 Å². The highest BCUT2D eigenvalue weighted by Gasteiger charge is 2.59. The van der Waals surface area contributed by atoms with E-state index in [0.29, 0.717) is 6.54 Å². The number of alkyl halides is 1. The van der Waals surface area contributed by atoms with Gasteiger partial charge in [-0.3, -0.25) is 4.90 Å². The molecule has 1 amide bonds. The van der Waals surface area contributed by atoms with Crippen molar-refractivity contribution in [1.82, 2.24) is 4.90 Å². The average molecular weight is 363 g/mol. The van der Waals surface area contributed by atoms with Crippen molar-refractivity contribution in [3.63, 3.8) is 0 Å². The Bertz CT molecular complexity index is 705. The third-order valence-electron chi connectivity index (χ3n) is 5.25. The van der Waals surface area contributed by atoms with Crippen molar-refractivity contribution in [3.05, 3.63) is 35.4 Å². The van der Waals surface area contributed by atoms with Crippen LogP contribution in [0.5, 0.6) is 0 Å². The van der Waals surface area contributed by atoms with Gasteiger partial charge < -0.3 is 14.0 Å². The highest BCUT2D eigenvalue weighted by molar-refractivity contribution is 6.48. The Hall–Kier alpha value is -1.60. The van der Waals surface area contributed by atoms with Crippen LogP contribution in [-0.4, -0.2) is 41.6 Å². The van der Waals surface area contributed by atoms with Crippen LogP contribution in [0.3, 0.4) is 0 Å². The fourth-order valence-electron chi connectivity index (χ4n) is 3.37. The Balaban J connectivity index is 1.95. The van der Waals surface area contributed by atoms with E-state index in [-0.39, 0.29) is 0 Å². The zero-order chi connectivity index (χ0) is 19.3. The van der Waals surface area contributed by atoms with Crippen molar-refractivity contribution < 1.29 is 23.2 Å². The first-order valence-electron chi connectivity index (χ1n) is 8.96. The van der Waals surface area contributed by atoms with Crippen LogP contribution in [0.2, 0.25) is 0 Å². The number of ether oxygens (including phenoxy) is 1. The summed E-state index contributed by atoms with van der Waals surface area (Å²) < 4.78 is 31.4. The topological polar surface area (TPSA) is 48.0 Å². The maximum Gasteiger partial charge on any atom is 0.487 e. The van der Waals surface area contributed by atoms with Crippen molar-refractivity contribution in [2.24, 2.45) is 0 Å². The predicted molar refractivity (Wildman–Crippen MR) is 97.3 cm³/mol. The maximum atomic E-state index is 13.7. The summed E-state index contributed by atoms with van der Waals surface area (Å²) in [7, 11) is -0.762. The lowest BCUT2D eigenvalue weighted by Gasteiger charge is -2.33. The summed E-state index contributed by atoms with van der Waals surface area (Å²) >= 11 is 0. The largest absolute Gasteiger partial charge is 0.487 e. The zero-order valence-electron chi connectivity index (χ0n) is 16.3. The lowest BCUT2D eigenvalue weighted by molar-refractivity contribution is -0.0261. The zero-order valence-corrected chi connectivity index (χ0v) is 16.3. The molecule has 0 spiro atoms. The minimum absolute atomic E-state index is 0.408. The van der Waals surface area contributed by atoms with E-state index in [4.69, 9.17) is 14.0 Å². The lowest BCUT2D eigenvalue weighted by atomic mass is 9.74. The predicted octanol–water partition coefficient (Wildman–Crippen LogP) is 4.06. The van der Waals surface area contributed by atoms with Crippen LogP contribution in [0, 0.1) is 0 Å². The first-order chi connectivity index (χ1) is 12.0. The molecule has 0 saturated carbocycles. The Morgan fingerprint density at radius 3 is 2.54 bits per heavy atom. The van der Waals surface area contributed by atoms with Crippen molar-refractivity contribution in [2.45, 2.75) is 70.8 Å². The van der Waals surface area contributed by atoms with E-state index >= 15 is 0 Å². The summed E-state index contributed by atoms with van der Waals surface area (Å²) in [5.41, 5.74) is -0.539. The number of carbonyl (C=O) groups excluding carboxylic acids is 1. The van der Waals surface area contributed by atoms with Crippen LogP contribution in [0.1, 0.15) is 58.6 Å². The molecule has 2 atom stereocenters. The van der Waals surface area contributed by atoms with Gasteiger partial charge in [-0.15, -0.1) is 0 Å². The second-order valence-corrected chi connectivity index (χ2v) is 8.73. The molecule has 0 aliphatic carbocycles. The molecule has 2 heterocycles. The first kappa shape index (κ1) is 19.2. The number of benzene rings is 1. The number of hydrogen-bond donors (Lipinski definition) is 0. The molecule has 0 bridgehead atoms. The van der Waals surface area contributed by atoms with Gasteiger partial charge in [-0.2, -0.15) is 0 Å². The molecule has 0 N–H and O–H groups in total. The van der Waals surface area contributed by atoms with Gasteiger partial charge in [0.15, 0.2) is 0 Å². The average Bonchev–Trinajstić information content (AvgIpc) is 3.01. The molecule has 0 radical (unpaired) electrons. The molecule has 3 rings (SSSR count). The molecule has 5 nitrogen and oxygen atoms in total. The van der Waals surface area contributed by atoms with Gasteiger partial charge in [0.25, 0.3) is 0 Å². The minimum Gasteiger partial charge on any atom is -0.444 e. The lowest BCUT2D eigenvalue weighted by Crippen LogP contribution is -2.46. The molecule has 142 valence electrons. The van der Waals surface area contributed by atoms with E-state index in [1.165, 1.54) is 0 Å². The summed E-state index contributed by atoms with van der Waals surface area (Å²) in [6.07, 6.45) is -0.433. The SMILES string of the molecule is CC(C)(C)OC(=O)N1Cc2ccccc2C1B1OC(C)(C)C(C)(CF)O1. The van der Waals surface area contributed by atoms with Crippen molar-refractivity contribution >= 4 is 13.2 Å². The van der Waals surface area contributed by atoms with Gasteiger partial charge in [0.05, 0.1) is 11.5 Å². The fraction of sp³-hybridized carbons (Fsp3) is 0.632. The smallest absolute Gasteiger partial charge is 0.444 e. The third-order valence-corrected chi connectivity index (χ3v) is 5.25. The van der Waals surface area contributed by atoms with Gasteiger partial charge >= 0.3 is 13.2 Å². The number of carbonyl (C=O) groups is 1. The van der Waals surface area contributed by atoms with Gasteiger partial charge in [-0.25, -0.2) is 9.18 Å². The molecular weight excluding hydrogens is 336 g/mol. The molecule has 26 heavy (non-hydrogen) atoms. The number of nitrogens with zero attached hydrogens (tertiary/aromatic N) is 1.